The molecule has 1 aliphatic rings. The van der Waals surface area contributed by atoms with Crippen LogP contribution in [0.3, 0.4) is 0 Å². The van der Waals surface area contributed by atoms with Crippen LogP contribution in [-0.4, -0.2) is 62.7 Å². The van der Waals surface area contributed by atoms with E-state index in [1.165, 1.54) is 7.11 Å². The molecule has 3 unspecified atom stereocenters. The number of methoxy groups -OCH3 is 1. The first-order valence-corrected chi connectivity index (χ1v) is 7.79. The SMILES string of the molecule is CCC(C)C(NC(=O)CN1CCCC1CNC)C(=O)OC. The van der Waals surface area contributed by atoms with E-state index < -0.39 is 6.04 Å². The molecule has 3 atom stereocenters. The summed E-state index contributed by atoms with van der Waals surface area (Å²) in [5.41, 5.74) is 0. The van der Waals surface area contributed by atoms with Crippen molar-refractivity contribution in [1.82, 2.24) is 15.5 Å². The van der Waals surface area contributed by atoms with E-state index in [1.807, 2.05) is 20.9 Å². The van der Waals surface area contributed by atoms with Gasteiger partial charge >= 0.3 is 5.97 Å². The number of nitrogens with zero attached hydrogens (tertiary/aromatic N) is 1. The highest BCUT2D eigenvalue weighted by atomic mass is 16.5. The lowest BCUT2D eigenvalue weighted by Gasteiger charge is -2.26. The Kier molecular flexibility index (Phi) is 7.67. The quantitative estimate of drug-likeness (QED) is 0.634. The lowest BCUT2D eigenvalue weighted by atomic mass is 9.99. The van der Waals surface area contributed by atoms with E-state index in [2.05, 4.69) is 15.5 Å². The minimum Gasteiger partial charge on any atom is -0.467 e. The summed E-state index contributed by atoms with van der Waals surface area (Å²) in [6, 6.07) is -0.154. The molecular formula is C15H29N3O3. The van der Waals surface area contributed by atoms with Crippen molar-refractivity contribution in [2.75, 3.05) is 33.8 Å². The number of carbonyl (C=O) groups excluding carboxylic acids is 2. The highest BCUT2D eigenvalue weighted by molar-refractivity contribution is 5.85. The van der Waals surface area contributed by atoms with Crippen molar-refractivity contribution in [3.05, 3.63) is 0 Å². The van der Waals surface area contributed by atoms with Crippen molar-refractivity contribution in [2.24, 2.45) is 5.92 Å². The van der Waals surface area contributed by atoms with Gasteiger partial charge in [-0.2, -0.15) is 0 Å². The molecule has 2 N–H and O–H groups in total. The molecule has 0 aromatic carbocycles. The molecule has 21 heavy (non-hydrogen) atoms. The molecule has 1 rings (SSSR count). The number of amides is 1. The van der Waals surface area contributed by atoms with Gasteiger partial charge in [-0.25, -0.2) is 4.79 Å². The fourth-order valence-corrected chi connectivity index (χ4v) is 2.77. The number of ether oxygens (including phenoxy) is 1. The van der Waals surface area contributed by atoms with E-state index in [-0.39, 0.29) is 17.8 Å². The van der Waals surface area contributed by atoms with E-state index in [1.54, 1.807) is 0 Å². The van der Waals surface area contributed by atoms with Gasteiger partial charge in [-0.05, 0) is 32.4 Å². The molecule has 0 aromatic rings. The Morgan fingerprint density at radius 3 is 2.71 bits per heavy atom. The van der Waals surface area contributed by atoms with Crippen LogP contribution in [0.25, 0.3) is 0 Å². The molecule has 0 saturated carbocycles. The van der Waals surface area contributed by atoms with Crippen LogP contribution < -0.4 is 10.6 Å². The number of rotatable bonds is 8. The standard InChI is InChI=1S/C15H29N3O3/c1-5-11(2)14(15(20)21-4)17-13(19)10-18-8-6-7-12(18)9-16-3/h11-12,14,16H,5-10H2,1-4H3,(H,17,19). The molecule has 0 bridgehead atoms. The molecule has 0 aromatic heterocycles. The van der Waals surface area contributed by atoms with Gasteiger partial charge in [-0.15, -0.1) is 0 Å². The lowest BCUT2D eigenvalue weighted by molar-refractivity contribution is -0.146. The van der Waals surface area contributed by atoms with Crippen molar-refractivity contribution in [3.8, 4) is 0 Å². The molecule has 1 amide bonds. The Balaban J connectivity index is 2.55. The summed E-state index contributed by atoms with van der Waals surface area (Å²) in [5, 5.41) is 5.99. The minimum atomic E-state index is -0.558. The first-order valence-electron chi connectivity index (χ1n) is 7.79. The fraction of sp³-hybridized carbons (Fsp3) is 0.867. The van der Waals surface area contributed by atoms with Crippen LogP contribution in [-0.2, 0) is 14.3 Å². The van der Waals surface area contributed by atoms with Gasteiger partial charge in [-0.3, -0.25) is 9.69 Å². The second-order valence-corrected chi connectivity index (χ2v) is 5.78. The van der Waals surface area contributed by atoms with Gasteiger partial charge in [0.05, 0.1) is 13.7 Å². The molecule has 6 nitrogen and oxygen atoms in total. The third-order valence-electron chi connectivity index (χ3n) is 4.27. The van der Waals surface area contributed by atoms with Crippen LogP contribution in [0.15, 0.2) is 0 Å². The number of esters is 1. The molecule has 6 heteroatoms. The van der Waals surface area contributed by atoms with Gasteiger partial charge in [0.2, 0.25) is 5.91 Å². The van der Waals surface area contributed by atoms with E-state index in [0.29, 0.717) is 12.6 Å². The first-order chi connectivity index (χ1) is 10.0. The van der Waals surface area contributed by atoms with E-state index in [4.69, 9.17) is 4.74 Å². The first kappa shape index (κ1) is 17.9. The molecule has 1 heterocycles. The minimum absolute atomic E-state index is 0.0630. The van der Waals surface area contributed by atoms with Gasteiger partial charge in [0.15, 0.2) is 0 Å². The largest absolute Gasteiger partial charge is 0.467 e. The van der Waals surface area contributed by atoms with Crippen LogP contribution in [0.4, 0.5) is 0 Å². The molecule has 0 spiro atoms. The average molecular weight is 299 g/mol. The predicted octanol–water partition coefficient (Wildman–Crippen LogP) is 0.374. The van der Waals surface area contributed by atoms with Crippen molar-refractivity contribution in [2.45, 2.75) is 45.2 Å². The summed E-state index contributed by atoms with van der Waals surface area (Å²) < 4.78 is 4.79. The maximum Gasteiger partial charge on any atom is 0.328 e. The summed E-state index contributed by atoms with van der Waals surface area (Å²) in [5.74, 6) is -0.410. The van der Waals surface area contributed by atoms with Crippen LogP contribution in [0.5, 0.6) is 0 Å². The van der Waals surface area contributed by atoms with Gasteiger partial charge in [0, 0.05) is 12.6 Å². The topological polar surface area (TPSA) is 70.7 Å². The molecule has 122 valence electrons. The molecular weight excluding hydrogens is 270 g/mol. The second kappa shape index (κ2) is 9.00. The van der Waals surface area contributed by atoms with Crippen LogP contribution in [0.1, 0.15) is 33.1 Å². The summed E-state index contributed by atoms with van der Waals surface area (Å²) in [6.45, 7) is 6.11. The fourth-order valence-electron chi connectivity index (χ4n) is 2.77. The Bertz CT molecular complexity index is 349. The number of nitrogens with one attached hydrogen (secondary N) is 2. The third-order valence-corrected chi connectivity index (χ3v) is 4.27. The lowest BCUT2D eigenvalue weighted by Crippen LogP contribution is -2.50. The van der Waals surface area contributed by atoms with Gasteiger partial charge < -0.3 is 15.4 Å². The maximum absolute atomic E-state index is 12.2. The number of likely N-dealkylation sites (N-methyl/N-ethyl adjacent to an activating group) is 1. The number of hydrogen-bond donors (Lipinski definition) is 2. The van der Waals surface area contributed by atoms with Crippen molar-refractivity contribution < 1.29 is 14.3 Å². The van der Waals surface area contributed by atoms with E-state index >= 15 is 0 Å². The number of hydrogen-bond acceptors (Lipinski definition) is 5. The van der Waals surface area contributed by atoms with Gasteiger partial charge in [0.25, 0.3) is 0 Å². The van der Waals surface area contributed by atoms with E-state index in [9.17, 15) is 9.59 Å². The van der Waals surface area contributed by atoms with Crippen LogP contribution >= 0.6 is 0 Å². The normalized spacial score (nSPS) is 21.8. The molecule has 1 fully saturated rings. The summed E-state index contributed by atoms with van der Waals surface area (Å²) in [4.78, 5) is 26.2. The molecule has 1 aliphatic heterocycles. The van der Waals surface area contributed by atoms with Crippen molar-refractivity contribution >= 4 is 11.9 Å². The van der Waals surface area contributed by atoms with Crippen LogP contribution in [0, 0.1) is 5.92 Å². The number of carbonyl (C=O) groups is 2. The summed E-state index contributed by atoms with van der Waals surface area (Å²) in [7, 11) is 3.28. The average Bonchev–Trinajstić information content (AvgIpc) is 2.90. The van der Waals surface area contributed by atoms with Crippen molar-refractivity contribution in [3.63, 3.8) is 0 Å². The molecule has 0 radical (unpaired) electrons. The zero-order valence-corrected chi connectivity index (χ0v) is 13.6. The van der Waals surface area contributed by atoms with Crippen molar-refractivity contribution in [1.29, 1.82) is 0 Å². The summed E-state index contributed by atoms with van der Waals surface area (Å²) in [6.07, 6.45) is 3.04. The Hall–Kier alpha value is -1.14. The highest BCUT2D eigenvalue weighted by Gasteiger charge is 2.29. The van der Waals surface area contributed by atoms with Gasteiger partial charge in [0.1, 0.15) is 6.04 Å². The number of likely N-dealkylation sites (tertiary alicyclic amines) is 1. The zero-order valence-electron chi connectivity index (χ0n) is 13.6. The van der Waals surface area contributed by atoms with E-state index in [0.717, 1.165) is 32.4 Å². The monoisotopic (exact) mass is 299 g/mol. The Morgan fingerprint density at radius 2 is 2.14 bits per heavy atom. The van der Waals surface area contributed by atoms with Gasteiger partial charge in [-0.1, -0.05) is 20.3 Å². The smallest absolute Gasteiger partial charge is 0.328 e. The predicted molar refractivity (Wildman–Crippen MR) is 81.9 cm³/mol. The Morgan fingerprint density at radius 1 is 1.43 bits per heavy atom. The Labute approximate surface area is 127 Å². The maximum atomic E-state index is 12.2. The highest BCUT2D eigenvalue weighted by Crippen LogP contribution is 2.16. The summed E-state index contributed by atoms with van der Waals surface area (Å²) >= 11 is 0. The third kappa shape index (κ3) is 5.28. The molecule has 1 saturated heterocycles. The zero-order chi connectivity index (χ0) is 15.8. The molecule has 0 aliphatic carbocycles. The van der Waals surface area contributed by atoms with Crippen LogP contribution in [0.2, 0.25) is 0 Å². The second-order valence-electron chi connectivity index (χ2n) is 5.78.